The number of hydrogen-bond acceptors (Lipinski definition) is 10. The molecule has 2 aliphatic heterocycles. The molecule has 4 heterocycles. The Balaban J connectivity index is 1.69. The maximum Gasteiger partial charge on any atom is 0.367 e. The van der Waals surface area contributed by atoms with Gasteiger partial charge >= 0.3 is 23.9 Å². The van der Waals surface area contributed by atoms with Crippen molar-refractivity contribution in [3.8, 4) is 22.5 Å². The molecule has 2 aliphatic rings. The normalized spacial score (nSPS) is 14.4. The van der Waals surface area contributed by atoms with E-state index in [4.69, 9.17) is 0 Å². The molecule has 0 saturated carbocycles. The second kappa shape index (κ2) is 6.44. The van der Waals surface area contributed by atoms with E-state index in [1.165, 1.54) is 0 Å². The highest BCUT2D eigenvalue weighted by molar-refractivity contribution is 6.13. The van der Waals surface area contributed by atoms with Crippen LogP contribution in [0.25, 0.3) is 22.5 Å². The highest BCUT2D eigenvalue weighted by Crippen LogP contribution is 2.36. The van der Waals surface area contributed by atoms with Crippen molar-refractivity contribution < 1.29 is 46.2 Å². The van der Waals surface area contributed by atoms with Gasteiger partial charge in [-0.1, -0.05) is 0 Å². The smallest absolute Gasteiger partial charge is 0.367 e. The maximum atomic E-state index is 14.8. The van der Waals surface area contributed by atoms with Crippen LogP contribution in [0.2, 0.25) is 0 Å². The number of esters is 4. The minimum absolute atomic E-state index is 0.535. The zero-order valence-corrected chi connectivity index (χ0v) is 14.9. The molecule has 2 aromatic heterocycles. The van der Waals surface area contributed by atoms with Gasteiger partial charge in [-0.25, -0.2) is 56.7 Å². The Morgan fingerprint density at radius 1 is 0.531 bits per heavy atom. The molecule has 0 amide bonds. The van der Waals surface area contributed by atoms with Gasteiger partial charge in [-0.15, -0.1) is 0 Å². The van der Waals surface area contributed by atoms with Gasteiger partial charge in [0.1, 0.15) is 0 Å². The van der Waals surface area contributed by atoms with Crippen molar-refractivity contribution >= 4 is 23.9 Å². The number of carbonyl (C=O) groups is 4. The second-order valence-electron chi connectivity index (χ2n) is 6.26. The highest BCUT2D eigenvalue weighted by atomic mass is 19.2. The molecule has 32 heavy (non-hydrogen) atoms. The second-order valence-corrected chi connectivity index (χ2v) is 6.26. The first-order valence-electron chi connectivity index (χ1n) is 8.32. The SMILES string of the molecule is O=C1OC(=O)c2nc(-c3c(F)c(F)c(-c4cnc5c(n4)C(=O)OC5=O)c(F)c3F)cnc21. The summed E-state index contributed by atoms with van der Waals surface area (Å²) >= 11 is 0. The van der Waals surface area contributed by atoms with Crippen molar-refractivity contribution in [2.75, 3.05) is 0 Å². The number of benzene rings is 1. The number of hydrogen-bond donors (Lipinski definition) is 0. The molecular weight excluding hydrogens is 444 g/mol. The molecule has 5 rings (SSSR count). The van der Waals surface area contributed by atoms with Crippen LogP contribution in [0.15, 0.2) is 12.4 Å². The summed E-state index contributed by atoms with van der Waals surface area (Å²) in [7, 11) is 0. The van der Waals surface area contributed by atoms with Crippen molar-refractivity contribution in [3.63, 3.8) is 0 Å². The Kier molecular flexibility index (Phi) is 3.89. The number of fused-ring (bicyclic) bond motifs is 2. The van der Waals surface area contributed by atoms with Gasteiger partial charge in [0.15, 0.2) is 46.0 Å². The number of aromatic nitrogens is 4. The molecule has 3 aromatic rings. The fraction of sp³-hybridized carbons (Fsp3) is 0. The largest absolute Gasteiger partial charge is 0.383 e. The van der Waals surface area contributed by atoms with E-state index < -0.39 is 92.4 Å². The first-order valence-corrected chi connectivity index (χ1v) is 8.32. The summed E-state index contributed by atoms with van der Waals surface area (Å²) in [5, 5.41) is 0. The van der Waals surface area contributed by atoms with Gasteiger partial charge in [-0.05, 0) is 0 Å². The maximum absolute atomic E-state index is 14.8. The van der Waals surface area contributed by atoms with Gasteiger partial charge in [-0.2, -0.15) is 0 Å². The van der Waals surface area contributed by atoms with Crippen LogP contribution >= 0.6 is 0 Å². The number of carbonyl (C=O) groups excluding carboxylic acids is 4. The fourth-order valence-electron chi connectivity index (χ4n) is 3.05. The van der Waals surface area contributed by atoms with Crippen LogP contribution in [0.3, 0.4) is 0 Å². The molecule has 0 unspecified atom stereocenters. The molecule has 0 aliphatic carbocycles. The lowest BCUT2D eigenvalue weighted by Gasteiger charge is -2.11. The average Bonchev–Trinajstić information content (AvgIpc) is 3.21. The number of halogens is 4. The lowest BCUT2D eigenvalue weighted by atomic mass is 10.0. The Morgan fingerprint density at radius 3 is 1.19 bits per heavy atom. The molecule has 0 spiro atoms. The molecule has 0 atom stereocenters. The molecule has 10 nitrogen and oxygen atoms in total. The number of rotatable bonds is 2. The van der Waals surface area contributed by atoms with Crippen LogP contribution in [0, 0.1) is 23.3 Å². The monoisotopic (exact) mass is 446 g/mol. The Bertz CT molecular complexity index is 1320. The van der Waals surface area contributed by atoms with E-state index in [0.717, 1.165) is 0 Å². The fourth-order valence-corrected chi connectivity index (χ4v) is 3.05. The zero-order valence-electron chi connectivity index (χ0n) is 14.9. The quantitative estimate of drug-likeness (QED) is 0.248. The third kappa shape index (κ3) is 2.52. The minimum atomic E-state index is -1.94. The third-order valence-electron chi connectivity index (χ3n) is 4.46. The molecule has 14 heteroatoms. The van der Waals surface area contributed by atoms with E-state index in [1.807, 2.05) is 0 Å². The van der Waals surface area contributed by atoms with E-state index in [2.05, 4.69) is 29.4 Å². The van der Waals surface area contributed by atoms with Crippen LogP contribution in [0.4, 0.5) is 17.6 Å². The van der Waals surface area contributed by atoms with E-state index in [0.29, 0.717) is 12.4 Å². The van der Waals surface area contributed by atoms with Gasteiger partial charge in [-0.3, -0.25) is 0 Å². The Labute approximate surface area is 171 Å². The molecule has 0 N–H and O–H groups in total. The summed E-state index contributed by atoms with van der Waals surface area (Å²) in [4.78, 5) is 60.1. The lowest BCUT2D eigenvalue weighted by Crippen LogP contribution is -2.09. The van der Waals surface area contributed by atoms with Gasteiger partial charge in [0, 0.05) is 0 Å². The summed E-state index contributed by atoms with van der Waals surface area (Å²) < 4.78 is 67.6. The van der Waals surface area contributed by atoms with Gasteiger partial charge in [0.25, 0.3) is 0 Å². The first-order chi connectivity index (χ1) is 15.2. The zero-order chi connectivity index (χ0) is 22.9. The van der Waals surface area contributed by atoms with Crippen LogP contribution in [0.5, 0.6) is 0 Å². The molecule has 0 saturated heterocycles. The topological polar surface area (TPSA) is 138 Å². The standard InChI is InChI=1S/C18H2F4N4O6/c19-7-5(3-1-23-11-13(25-3)17(29)31-15(11)27)8(20)10(22)6(9(7)21)4-2-24-12-14(26-4)18(30)32-16(12)28/h1-2H. The predicted molar refractivity (Wildman–Crippen MR) is 87.8 cm³/mol. The van der Waals surface area contributed by atoms with Crippen LogP contribution in [0.1, 0.15) is 42.0 Å². The van der Waals surface area contributed by atoms with Gasteiger partial charge in [0.2, 0.25) is 0 Å². The van der Waals surface area contributed by atoms with Crippen molar-refractivity contribution in [1.82, 2.24) is 19.9 Å². The first kappa shape index (κ1) is 19.3. The highest BCUT2D eigenvalue weighted by Gasteiger charge is 2.37. The van der Waals surface area contributed by atoms with Crippen LogP contribution in [-0.4, -0.2) is 43.8 Å². The van der Waals surface area contributed by atoms with E-state index in [9.17, 15) is 36.7 Å². The number of nitrogens with zero attached hydrogens (tertiary/aromatic N) is 4. The van der Waals surface area contributed by atoms with Crippen molar-refractivity contribution in [2.45, 2.75) is 0 Å². The third-order valence-corrected chi connectivity index (χ3v) is 4.46. The molecular formula is C18H2F4N4O6. The number of cyclic esters (lactones) is 4. The minimum Gasteiger partial charge on any atom is -0.383 e. The van der Waals surface area contributed by atoms with Crippen molar-refractivity contribution in [3.05, 3.63) is 58.4 Å². The summed E-state index contributed by atoms with van der Waals surface area (Å²) in [6.07, 6.45) is 1.24. The Morgan fingerprint density at radius 2 is 0.844 bits per heavy atom. The van der Waals surface area contributed by atoms with E-state index in [-0.39, 0.29) is 0 Å². The van der Waals surface area contributed by atoms with Crippen LogP contribution < -0.4 is 0 Å². The molecule has 0 fully saturated rings. The van der Waals surface area contributed by atoms with E-state index in [1.54, 1.807) is 0 Å². The van der Waals surface area contributed by atoms with Gasteiger partial charge in [0.05, 0.1) is 34.9 Å². The number of ether oxygens (including phenoxy) is 2. The van der Waals surface area contributed by atoms with Gasteiger partial charge < -0.3 is 9.47 Å². The predicted octanol–water partition coefficient (Wildman–Crippen LogP) is 1.78. The lowest BCUT2D eigenvalue weighted by molar-refractivity contribution is 0.0421. The van der Waals surface area contributed by atoms with Crippen LogP contribution in [-0.2, 0) is 9.47 Å². The molecule has 158 valence electrons. The Hall–Kier alpha value is -4.62. The molecule has 1 aromatic carbocycles. The summed E-state index contributed by atoms with van der Waals surface area (Å²) in [5.41, 5.74) is -6.70. The summed E-state index contributed by atoms with van der Waals surface area (Å²) in [6.45, 7) is 0. The summed E-state index contributed by atoms with van der Waals surface area (Å²) in [5.74, 6) is -12.6. The summed E-state index contributed by atoms with van der Waals surface area (Å²) in [6, 6.07) is 0. The van der Waals surface area contributed by atoms with Crippen molar-refractivity contribution in [1.29, 1.82) is 0 Å². The van der Waals surface area contributed by atoms with Crippen molar-refractivity contribution in [2.24, 2.45) is 0 Å². The average molecular weight is 446 g/mol. The van der Waals surface area contributed by atoms with E-state index >= 15 is 0 Å². The molecule has 0 radical (unpaired) electrons. The molecule has 0 bridgehead atoms.